The van der Waals surface area contributed by atoms with Gasteiger partial charge in [-0.3, -0.25) is 4.79 Å². The zero-order chi connectivity index (χ0) is 23.3. The summed E-state index contributed by atoms with van der Waals surface area (Å²) in [4.78, 5) is 27.1. The Balaban J connectivity index is 1.52. The summed E-state index contributed by atoms with van der Waals surface area (Å²) >= 11 is 1.34. The fraction of sp³-hybridized carbons (Fsp3) is 0.429. The molecule has 2 aliphatic rings. The van der Waals surface area contributed by atoms with Gasteiger partial charge in [0.05, 0.1) is 42.4 Å². The van der Waals surface area contributed by atoms with Gasteiger partial charge in [-0.1, -0.05) is 17.3 Å². The van der Waals surface area contributed by atoms with Crippen LogP contribution in [0, 0.1) is 0 Å². The maximum absolute atomic E-state index is 13.0. The highest BCUT2D eigenvalue weighted by Crippen LogP contribution is 2.33. The van der Waals surface area contributed by atoms with E-state index in [9.17, 15) is 13.2 Å². The molecule has 1 aromatic heterocycles. The molecule has 33 heavy (non-hydrogen) atoms. The molecule has 0 radical (unpaired) electrons. The summed E-state index contributed by atoms with van der Waals surface area (Å²) in [7, 11) is -3.34. The minimum absolute atomic E-state index is 0.0159. The van der Waals surface area contributed by atoms with Gasteiger partial charge in [-0.25, -0.2) is 18.4 Å². The number of hydrogen-bond donors (Lipinski definition) is 2. The average Bonchev–Trinajstić information content (AvgIpc) is 3.57. The van der Waals surface area contributed by atoms with E-state index in [1.54, 1.807) is 12.1 Å². The van der Waals surface area contributed by atoms with Crippen molar-refractivity contribution in [2.24, 2.45) is 5.16 Å². The van der Waals surface area contributed by atoms with Gasteiger partial charge in [-0.15, -0.1) is 11.8 Å². The van der Waals surface area contributed by atoms with E-state index in [1.807, 2.05) is 0 Å². The van der Waals surface area contributed by atoms with Crippen LogP contribution in [0.2, 0.25) is 0 Å². The summed E-state index contributed by atoms with van der Waals surface area (Å²) in [6.45, 7) is 0.971. The van der Waals surface area contributed by atoms with Gasteiger partial charge in [0.2, 0.25) is 0 Å². The Hall–Kier alpha value is -2.54. The lowest BCUT2D eigenvalue weighted by atomic mass is 10.1. The molecule has 1 amide bonds. The molecule has 0 unspecified atom stereocenters. The van der Waals surface area contributed by atoms with Crippen LogP contribution in [0.3, 0.4) is 0 Å². The summed E-state index contributed by atoms with van der Waals surface area (Å²) in [5.74, 6) is 0.140. The van der Waals surface area contributed by atoms with Gasteiger partial charge in [-0.05, 0) is 25.0 Å². The van der Waals surface area contributed by atoms with E-state index < -0.39 is 15.7 Å². The van der Waals surface area contributed by atoms with Crippen LogP contribution in [-0.2, 0) is 24.2 Å². The van der Waals surface area contributed by atoms with Crippen LogP contribution >= 0.6 is 11.8 Å². The van der Waals surface area contributed by atoms with Gasteiger partial charge >= 0.3 is 0 Å². The predicted molar refractivity (Wildman–Crippen MR) is 122 cm³/mol. The number of carbonyl (C=O) groups is 1. The van der Waals surface area contributed by atoms with Crippen molar-refractivity contribution in [1.29, 1.82) is 0 Å². The molecule has 1 saturated heterocycles. The number of nitrogens with one attached hydrogen (secondary N) is 1. The molecule has 10 nitrogen and oxygen atoms in total. The highest BCUT2D eigenvalue weighted by atomic mass is 32.2. The smallest absolute Gasteiger partial charge is 0.279 e. The van der Waals surface area contributed by atoms with Crippen molar-refractivity contribution in [2.45, 2.75) is 40.5 Å². The predicted octanol–water partition coefficient (Wildman–Crippen LogP) is 1.65. The number of aliphatic hydroxyl groups excluding tert-OH is 1. The maximum atomic E-state index is 13.0. The Labute approximate surface area is 195 Å². The van der Waals surface area contributed by atoms with Crippen molar-refractivity contribution in [3.8, 4) is 0 Å². The van der Waals surface area contributed by atoms with Crippen molar-refractivity contribution in [2.75, 3.05) is 30.9 Å². The number of amides is 1. The molecule has 1 aliphatic carbocycles. The lowest BCUT2D eigenvalue weighted by Gasteiger charge is -2.11. The van der Waals surface area contributed by atoms with Crippen LogP contribution in [0.4, 0.5) is 5.82 Å². The molecule has 1 saturated carbocycles. The fourth-order valence-corrected chi connectivity index (χ4v) is 5.31. The van der Waals surface area contributed by atoms with Gasteiger partial charge in [0.1, 0.15) is 5.03 Å². The van der Waals surface area contributed by atoms with Gasteiger partial charge in [0, 0.05) is 17.7 Å². The van der Waals surface area contributed by atoms with Crippen molar-refractivity contribution in [3.05, 3.63) is 42.2 Å². The largest absolute Gasteiger partial charge is 0.396 e. The van der Waals surface area contributed by atoms with Crippen LogP contribution in [0.15, 0.2) is 51.7 Å². The zero-order valence-electron chi connectivity index (χ0n) is 17.7. The topological polar surface area (TPSA) is 140 Å². The summed E-state index contributed by atoms with van der Waals surface area (Å²) < 4.78 is 30.2. The van der Waals surface area contributed by atoms with Crippen LogP contribution in [0.25, 0.3) is 0 Å². The molecule has 2 heterocycles. The summed E-state index contributed by atoms with van der Waals surface area (Å²) in [6.07, 6.45) is 4.66. The number of hydrogen-bond acceptors (Lipinski definition) is 10. The van der Waals surface area contributed by atoms with Gasteiger partial charge in [-0.2, -0.15) is 0 Å². The second-order valence-corrected chi connectivity index (χ2v) is 10.9. The Kier molecular flexibility index (Phi) is 7.58. The first-order valence-corrected chi connectivity index (χ1v) is 13.0. The molecule has 4 rings (SSSR count). The number of ether oxygens (including phenoxy) is 1. The van der Waals surface area contributed by atoms with Crippen LogP contribution in [0.5, 0.6) is 0 Å². The Morgan fingerprint density at radius 3 is 2.61 bits per heavy atom. The lowest BCUT2D eigenvalue weighted by Crippen LogP contribution is -2.26. The summed E-state index contributed by atoms with van der Waals surface area (Å²) in [5, 5.41) is 15.9. The molecule has 0 spiro atoms. The third-order valence-corrected chi connectivity index (χ3v) is 8.20. The maximum Gasteiger partial charge on any atom is 0.279 e. The SMILES string of the molecule is O=C(Nc1cnc(SCCO)cn1)/C(=N/O[C@@H]1CCOC1)c1ccc(S(=O)(=O)C2CC2)cc1. The summed E-state index contributed by atoms with van der Waals surface area (Å²) in [5.41, 5.74) is 0.391. The van der Waals surface area contributed by atoms with E-state index in [0.29, 0.717) is 48.8 Å². The van der Waals surface area contributed by atoms with Crippen LogP contribution < -0.4 is 5.32 Å². The minimum atomic E-state index is -3.34. The molecular weight excluding hydrogens is 468 g/mol. The number of thioether (sulfide) groups is 1. The Morgan fingerprint density at radius 1 is 1.21 bits per heavy atom. The summed E-state index contributed by atoms with van der Waals surface area (Å²) in [6, 6.07) is 6.06. The second kappa shape index (κ2) is 10.6. The standard InChI is InChI=1S/C21H24N4O6S2/c26-8-10-32-19-12-22-18(11-23-19)24-21(27)20(25-31-15-7-9-30-13-15)14-1-3-16(4-2-14)33(28,29)17-5-6-17/h1-4,11-12,15,17,26H,5-10,13H2,(H,22,24,27)/b25-20+/t15-/m1/s1. The average molecular weight is 493 g/mol. The molecule has 12 heteroatoms. The van der Waals surface area contributed by atoms with E-state index >= 15 is 0 Å². The fourth-order valence-electron chi connectivity index (χ4n) is 3.10. The number of anilines is 1. The number of nitrogens with zero attached hydrogens (tertiary/aromatic N) is 3. The normalized spacial score (nSPS) is 18.8. The first kappa shape index (κ1) is 23.6. The Bertz CT molecular complexity index is 1100. The van der Waals surface area contributed by atoms with Crippen molar-refractivity contribution < 1.29 is 27.9 Å². The first-order chi connectivity index (χ1) is 16.0. The highest BCUT2D eigenvalue weighted by Gasteiger charge is 2.36. The van der Waals surface area contributed by atoms with E-state index in [0.717, 1.165) is 0 Å². The molecule has 1 aromatic carbocycles. The number of carbonyl (C=O) groups excluding carboxylic acids is 1. The quantitative estimate of drug-likeness (QED) is 0.288. The van der Waals surface area contributed by atoms with Crippen LogP contribution in [0.1, 0.15) is 24.8 Å². The van der Waals surface area contributed by atoms with Crippen molar-refractivity contribution in [3.63, 3.8) is 0 Å². The first-order valence-electron chi connectivity index (χ1n) is 10.5. The molecule has 1 aliphatic heterocycles. The van der Waals surface area contributed by atoms with Gasteiger partial charge in [0.25, 0.3) is 5.91 Å². The van der Waals surface area contributed by atoms with Gasteiger partial charge < -0.3 is 20.0 Å². The molecule has 2 N–H and O–H groups in total. The number of rotatable bonds is 10. The number of sulfone groups is 1. The number of aliphatic hydroxyl groups is 1. The number of aromatic nitrogens is 2. The van der Waals surface area contributed by atoms with E-state index in [2.05, 4.69) is 20.4 Å². The Morgan fingerprint density at radius 2 is 2.00 bits per heavy atom. The molecular formula is C21H24N4O6S2. The highest BCUT2D eigenvalue weighted by molar-refractivity contribution is 7.99. The number of benzene rings is 1. The lowest BCUT2D eigenvalue weighted by molar-refractivity contribution is -0.110. The molecule has 1 atom stereocenters. The van der Waals surface area contributed by atoms with Crippen molar-refractivity contribution >= 4 is 39.0 Å². The third kappa shape index (κ3) is 6.08. The van der Waals surface area contributed by atoms with E-state index in [1.165, 1.54) is 36.3 Å². The molecule has 2 fully saturated rings. The van der Waals surface area contributed by atoms with Crippen molar-refractivity contribution in [1.82, 2.24) is 9.97 Å². The minimum Gasteiger partial charge on any atom is -0.396 e. The molecule has 176 valence electrons. The monoisotopic (exact) mass is 492 g/mol. The van der Waals surface area contributed by atoms with E-state index in [-0.39, 0.29) is 34.4 Å². The van der Waals surface area contributed by atoms with E-state index in [4.69, 9.17) is 14.7 Å². The zero-order valence-corrected chi connectivity index (χ0v) is 19.3. The van der Waals surface area contributed by atoms with Crippen LogP contribution in [-0.4, -0.2) is 72.0 Å². The second-order valence-electron chi connectivity index (χ2n) is 7.57. The molecule has 0 bridgehead atoms. The third-order valence-electron chi connectivity index (χ3n) is 5.03. The van der Waals surface area contributed by atoms with Gasteiger partial charge in [0.15, 0.2) is 27.5 Å². The molecule has 2 aromatic rings. The number of oxime groups is 1.